The molecule has 1 heterocycles. The van der Waals surface area contributed by atoms with E-state index >= 15 is 0 Å². The van der Waals surface area contributed by atoms with Gasteiger partial charge in [0.25, 0.3) is 0 Å². The number of ether oxygens (including phenoxy) is 1. The Morgan fingerprint density at radius 2 is 1.96 bits per heavy atom. The molecule has 23 heavy (non-hydrogen) atoms. The first kappa shape index (κ1) is 15.6. The number of carboxylic acids is 1. The number of rotatable bonds is 5. The lowest BCUT2D eigenvalue weighted by Gasteiger charge is -2.21. The lowest BCUT2D eigenvalue weighted by atomic mass is 10.0. The fraction of sp³-hybridized carbons (Fsp3) is 0.316. The molecule has 1 atom stereocenters. The third-order valence-corrected chi connectivity index (χ3v) is 4.41. The second-order valence-electron chi connectivity index (χ2n) is 5.86. The Kier molecular flexibility index (Phi) is 4.63. The van der Waals surface area contributed by atoms with Crippen molar-refractivity contribution in [1.82, 2.24) is 4.90 Å². The lowest BCUT2D eigenvalue weighted by molar-refractivity contribution is -0.142. The SMILES string of the molecule is COc1ccccc1-c1ccc(CN2CCC[C@@H]2C(=O)O)cc1. The van der Waals surface area contributed by atoms with Gasteiger partial charge in [0.2, 0.25) is 0 Å². The van der Waals surface area contributed by atoms with Crippen molar-refractivity contribution < 1.29 is 14.6 Å². The Balaban J connectivity index is 1.76. The van der Waals surface area contributed by atoms with E-state index in [2.05, 4.69) is 24.3 Å². The van der Waals surface area contributed by atoms with Gasteiger partial charge in [-0.2, -0.15) is 0 Å². The van der Waals surface area contributed by atoms with Crippen molar-refractivity contribution in [2.45, 2.75) is 25.4 Å². The normalized spacial score (nSPS) is 18.0. The molecule has 0 bridgehead atoms. The summed E-state index contributed by atoms with van der Waals surface area (Å²) in [6.45, 7) is 1.54. The van der Waals surface area contributed by atoms with Crippen LogP contribution in [0.25, 0.3) is 11.1 Å². The molecule has 0 unspecified atom stereocenters. The molecule has 1 aliphatic heterocycles. The van der Waals surface area contributed by atoms with Gasteiger partial charge in [0.1, 0.15) is 11.8 Å². The number of para-hydroxylation sites is 1. The summed E-state index contributed by atoms with van der Waals surface area (Å²) in [6.07, 6.45) is 1.70. The van der Waals surface area contributed by atoms with E-state index < -0.39 is 5.97 Å². The average Bonchev–Trinajstić information content (AvgIpc) is 3.04. The molecule has 2 aromatic rings. The number of methoxy groups -OCH3 is 1. The molecule has 1 saturated heterocycles. The van der Waals surface area contributed by atoms with Crippen LogP contribution in [0.5, 0.6) is 5.75 Å². The van der Waals surface area contributed by atoms with Crippen LogP contribution in [-0.4, -0.2) is 35.7 Å². The maximum atomic E-state index is 11.3. The molecule has 0 saturated carbocycles. The summed E-state index contributed by atoms with van der Waals surface area (Å²) in [6, 6.07) is 15.9. The number of carbonyl (C=O) groups is 1. The van der Waals surface area contributed by atoms with Crippen molar-refractivity contribution in [1.29, 1.82) is 0 Å². The Morgan fingerprint density at radius 3 is 2.65 bits per heavy atom. The summed E-state index contributed by atoms with van der Waals surface area (Å²) in [4.78, 5) is 13.3. The summed E-state index contributed by atoms with van der Waals surface area (Å²) in [5.74, 6) is 0.138. The van der Waals surface area contributed by atoms with Crippen molar-refractivity contribution in [2.24, 2.45) is 0 Å². The number of hydrogen-bond donors (Lipinski definition) is 1. The fourth-order valence-electron chi connectivity index (χ4n) is 3.20. The van der Waals surface area contributed by atoms with Gasteiger partial charge >= 0.3 is 5.97 Å². The third-order valence-electron chi connectivity index (χ3n) is 4.41. The van der Waals surface area contributed by atoms with E-state index in [1.54, 1.807) is 7.11 Å². The van der Waals surface area contributed by atoms with E-state index in [4.69, 9.17) is 4.74 Å². The number of aliphatic carboxylic acids is 1. The van der Waals surface area contributed by atoms with Gasteiger partial charge in [0, 0.05) is 12.1 Å². The number of nitrogens with zero attached hydrogens (tertiary/aromatic N) is 1. The quantitative estimate of drug-likeness (QED) is 0.919. The van der Waals surface area contributed by atoms with Gasteiger partial charge < -0.3 is 9.84 Å². The fourth-order valence-corrected chi connectivity index (χ4v) is 3.20. The van der Waals surface area contributed by atoms with Crippen LogP contribution < -0.4 is 4.74 Å². The highest BCUT2D eigenvalue weighted by Crippen LogP contribution is 2.30. The molecular weight excluding hydrogens is 290 g/mol. The highest BCUT2D eigenvalue weighted by atomic mass is 16.5. The minimum atomic E-state index is -0.715. The Labute approximate surface area is 136 Å². The predicted octanol–water partition coefficient (Wildman–Crippen LogP) is 3.41. The molecule has 3 rings (SSSR count). The van der Waals surface area contributed by atoms with E-state index in [0.29, 0.717) is 6.54 Å². The monoisotopic (exact) mass is 311 g/mol. The molecule has 2 aromatic carbocycles. The average molecular weight is 311 g/mol. The van der Waals surface area contributed by atoms with Gasteiger partial charge in [-0.1, -0.05) is 42.5 Å². The minimum Gasteiger partial charge on any atom is -0.496 e. The summed E-state index contributed by atoms with van der Waals surface area (Å²) < 4.78 is 5.40. The van der Waals surface area contributed by atoms with Crippen LogP contribution in [0.1, 0.15) is 18.4 Å². The maximum absolute atomic E-state index is 11.3. The van der Waals surface area contributed by atoms with E-state index in [9.17, 15) is 9.90 Å². The Bertz CT molecular complexity index is 681. The van der Waals surface area contributed by atoms with Crippen LogP contribution in [0.2, 0.25) is 0 Å². The zero-order chi connectivity index (χ0) is 16.2. The molecule has 0 spiro atoms. The van der Waals surface area contributed by atoms with Crippen LogP contribution in [0, 0.1) is 0 Å². The van der Waals surface area contributed by atoms with Crippen molar-refractivity contribution in [2.75, 3.05) is 13.7 Å². The highest BCUT2D eigenvalue weighted by Gasteiger charge is 2.30. The number of carboxylic acid groups (broad SMARTS) is 1. The van der Waals surface area contributed by atoms with Crippen molar-refractivity contribution in [3.05, 3.63) is 54.1 Å². The van der Waals surface area contributed by atoms with E-state index in [0.717, 1.165) is 41.8 Å². The molecule has 0 amide bonds. The van der Waals surface area contributed by atoms with Gasteiger partial charge in [0.15, 0.2) is 0 Å². The number of likely N-dealkylation sites (tertiary alicyclic amines) is 1. The molecule has 0 aromatic heterocycles. The van der Waals surface area contributed by atoms with Gasteiger partial charge in [-0.15, -0.1) is 0 Å². The Hall–Kier alpha value is -2.33. The van der Waals surface area contributed by atoms with Crippen LogP contribution >= 0.6 is 0 Å². The summed E-state index contributed by atoms with van der Waals surface area (Å²) in [7, 11) is 1.67. The smallest absolute Gasteiger partial charge is 0.320 e. The molecule has 4 heteroatoms. The maximum Gasteiger partial charge on any atom is 0.320 e. The van der Waals surface area contributed by atoms with Crippen LogP contribution in [-0.2, 0) is 11.3 Å². The topological polar surface area (TPSA) is 49.8 Å². The summed E-state index contributed by atoms with van der Waals surface area (Å²) >= 11 is 0. The first-order valence-corrected chi connectivity index (χ1v) is 7.88. The van der Waals surface area contributed by atoms with E-state index in [1.165, 1.54) is 0 Å². The zero-order valence-electron chi connectivity index (χ0n) is 13.2. The zero-order valence-corrected chi connectivity index (χ0v) is 13.2. The van der Waals surface area contributed by atoms with Gasteiger partial charge in [-0.25, -0.2) is 0 Å². The number of benzene rings is 2. The van der Waals surface area contributed by atoms with Crippen molar-refractivity contribution >= 4 is 5.97 Å². The van der Waals surface area contributed by atoms with Gasteiger partial charge in [-0.3, -0.25) is 9.69 Å². The molecule has 1 fully saturated rings. The summed E-state index contributed by atoms with van der Waals surface area (Å²) in [5, 5.41) is 9.26. The molecule has 0 aliphatic carbocycles. The lowest BCUT2D eigenvalue weighted by Crippen LogP contribution is -2.35. The molecule has 0 radical (unpaired) electrons. The van der Waals surface area contributed by atoms with Crippen LogP contribution in [0.3, 0.4) is 0 Å². The second kappa shape index (κ2) is 6.84. The Morgan fingerprint density at radius 1 is 1.22 bits per heavy atom. The molecule has 4 nitrogen and oxygen atoms in total. The highest BCUT2D eigenvalue weighted by molar-refractivity contribution is 5.74. The predicted molar refractivity (Wildman–Crippen MR) is 89.5 cm³/mol. The first-order valence-electron chi connectivity index (χ1n) is 7.88. The summed E-state index contributed by atoms with van der Waals surface area (Å²) in [5.41, 5.74) is 3.30. The molecule has 120 valence electrons. The standard InChI is InChI=1S/C19H21NO3/c1-23-18-7-3-2-5-16(18)15-10-8-14(9-11-15)13-20-12-4-6-17(20)19(21)22/h2-3,5,7-11,17H,4,6,12-13H2,1H3,(H,21,22)/t17-/m1/s1. The molecular formula is C19H21NO3. The van der Waals surface area contributed by atoms with E-state index in [-0.39, 0.29) is 6.04 Å². The van der Waals surface area contributed by atoms with Crippen LogP contribution in [0.4, 0.5) is 0 Å². The van der Waals surface area contributed by atoms with E-state index in [1.807, 2.05) is 29.2 Å². The molecule has 1 N–H and O–H groups in total. The minimum absolute atomic E-state index is 0.344. The first-order chi connectivity index (χ1) is 11.2. The van der Waals surface area contributed by atoms with Gasteiger partial charge in [-0.05, 0) is 36.6 Å². The van der Waals surface area contributed by atoms with Crippen LogP contribution in [0.15, 0.2) is 48.5 Å². The molecule has 1 aliphatic rings. The second-order valence-corrected chi connectivity index (χ2v) is 5.86. The van der Waals surface area contributed by atoms with Gasteiger partial charge in [0.05, 0.1) is 7.11 Å². The van der Waals surface area contributed by atoms with Crippen molar-refractivity contribution in [3.8, 4) is 16.9 Å². The third kappa shape index (κ3) is 3.37. The largest absolute Gasteiger partial charge is 0.496 e. The number of hydrogen-bond acceptors (Lipinski definition) is 3. The van der Waals surface area contributed by atoms with Crippen molar-refractivity contribution in [3.63, 3.8) is 0 Å².